The van der Waals surface area contributed by atoms with Gasteiger partial charge in [0.15, 0.2) is 0 Å². The zero-order valence-electron chi connectivity index (χ0n) is 14.5. The molecule has 1 fully saturated rings. The van der Waals surface area contributed by atoms with Crippen molar-refractivity contribution in [2.75, 3.05) is 26.7 Å². The molecule has 0 bridgehead atoms. The van der Waals surface area contributed by atoms with Gasteiger partial charge in [-0.05, 0) is 50.9 Å². The number of pyridine rings is 1. The molecule has 128 valence electrons. The van der Waals surface area contributed by atoms with E-state index in [0.717, 1.165) is 25.8 Å². The Morgan fingerprint density at radius 1 is 1.57 bits per heavy atom. The van der Waals surface area contributed by atoms with E-state index in [4.69, 9.17) is 4.74 Å². The maximum absolute atomic E-state index is 12.2. The van der Waals surface area contributed by atoms with Gasteiger partial charge in [-0.15, -0.1) is 0 Å². The molecular formula is C18H29N3O2. The van der Waals surface area contributed by atoms with Crippen LogP contribution in [0.15, 0.2) is 24.5 Å². The van der Waals surface area contributed by atoms with Crippen LogP contribution in [0.3, 0.4) is 0 Å². The Kier molecular flexibility index (Phi) is 6.99. The second-order valence-electron chi connectivity index (χ2n) is 6.37. The summed E-state index contributed by atoms with van der Waals surface area (Å²) in [6.07, 6.45) is 6.51. The number of nitrogens with zero attached hydrogens (tertiary/aromatic N) is 2. The van der Waals surface area contributed by atoms with Gasteiger partial charge >= 0.3 is 0 Å². The molecule has 2 heterocycles. The molecule has 0 unspecified atom stereocenters. The fraction of sp³-hybridized carbons (Fsp3) is 0.667. The van der Waals surface area contributed by atoms with E-state index in [0.29, 0.717) is 25.1 Å². The van der Waals surface area contributed by atoms with Gasteiger partial charge in [-0.2, -0.15) is 0 Å². The lowest BCUT2D eigenvalue weighted by molar-refractivity contribution is -0.132. The number of aromatic nitrogens is 1. The second-order valence-corrected chi connectivity index (χ2v) is 6.37. The molecule has 1 aliphatic rings. The standard InChI is InChI=1S/C18H29N3O2/c1-4-5-11-23-14(2)18(22)20-13-16-8-10-21(3)17(16)15-7-6-9-19-12-15/h6-7,9,12,14,16-17H,4-5,8,10-11,13H2,1-3H3,(H,20,22)/t14-,16+,17+/m1/s1. The summed E-state index contributed by atoms with van der Waals surface area (Å²) < 4.78 is 5.56. The lowest BCUT2D eigenvalue weighted by Crippen LogP contribution is -2.38. The molecule has 1 aromatic rings. The minimum atomic E-state index is -0.377. The normalized spacial score (nSPS) is 22.9. The van der Waals surface area contributed by atoms with Crippen molar-refractivity contribution < 1.29 is 9.53 Å². The number of rotatable bonds is 8. The largest absolute Gasteiger partial charge is 0.369 e. The smallest absolute Gasteiger partial charge is 0.248 e. The molecule has 0 radical (unpaired) electrons. The van der Waals surface area contributed by atoms with E-state index in [9.17, 15) is 4.79 Å². The van der Waals surface area contributed by atoms with Gasteiger partial charge in [0.25, 0.3) is 0 Å². The lowest BCUT2D eigenvalue weighted by atomic mass is 9.94. The molecule has 0 aliphatic carbocycles. The summed E-state index contributed by atoms with van der Waals surface area (Å²) in [6.45, 7) is 6.32. The van der Waals surface area contributed by atoms with Crippen LogP contribution in [0.1, 0.15) is 44.7 Å². The highest BCUT2D eigenvalue weighted by atomic mass is 16.5. The highest BCUT2D eigenvalue weighted by molar-refractivity contribution is 5.80. The summed E-state index contributed by atoms with van der Waals surface area (Å²) in [4.78, 5) is 18.7. The summed E-state index contributed by atoms with van der Waals surface area (Å²) in [7, 11) is 2.13. The van der Waals surface area contributed by atoms with Crippen LogP contribution in [0.2, 0.25) is 0 Å². The maximum Gasteiger partial charge on any atom is 0.248 e. The van der Waals surface area contributed by atoms with E-state index >= 15 is 0 Å². The highest BCUT2D eigenvalue weighted by Crippen LogP contribution is 2.35. The summed E-state index contributed by atoms with van der Waals surface area (Å²) in [5, 5.41) is 3.06. The third kappa shape index (κ3) is 5.01. The molecule has 5 nitrogen and oxygen atoms in total. The van der Waals surface area contributed by atoms with Gasteiger partial charge < -0.3 is 10.1 Å². The molecule has 3 atom stereocenters. The summed E-state index contributed by atoms with van der Waals surface area (Å²) in [5.74, 6) is 0.400. The first kappa shape index (κ1) is 17.9. The number of unbranched alkanes of at least 4 members (excludes halogenated alkanes) is 1. The Labute approximate surface area is 139 Å². The first-order valence-electron chi connectivity index (χ1n) is 8.63. The topological polar surface area (TPSA) is 54.5 Å². The molecule has 1 saturated heterocycles. The molecule has 0 spiro atoms. The predicted molar refractivity (Wildman–Crippen MR) is 91.0 cm³/mol. The van der Waals surface area contributed by atoms with Crippen LogP contribution in [-0.4, -0.2) is 48.6 Å². The summed E-state index contributed by atoms with van der Waals surface area (Å²) >= 11 is 0. The van der Waals surface area contributed by atoms with Crippen LogP contribution >= 0.6 is 0 Å². The fourth-order valence-electron chi connectivity index (χ4n) is 3.17. The molecule has 0 aromatic carbocycles. The molecular weight excluding hydrogens is 290 g/mol. The van der Waals surface area contributed by atoms with Gasteiger partial charge in [0.05, 0.1) is 0 Å². The number of hydrogen-bond donors (Lipinski definition) is 1. The number of nitrogens with one attached hydrogen (secondary N) is 1. The van der Waals surface area contributed by atoms with Crippen LogP contribution in [-0.2, 0) is 9.53 Å². The summed E-state index contributed by atoms with van der Waals surface area (Å²) in [5.41, 5.74) is 1.22. The number of carbonyl (C=O) groups is 1. The first-order valence-corrected chi connectivity index (χ1v) is 8.63. The van der Waals surface area contributed by atoms with Crippen LogP contribution in [0.5, 0.6) is 0 Å². The first-order chi connectivity index (χ1) is 11.1. The SMILES string of the molecule is CCCCO[C@H](C)C(=O)NC[C@@H]1CCN(C)[C@H]1c1cccnc1. The van der Waals surface area contributed by atoms with E-state index in [1.807, 2.05) is 19.2 Å². The van der Waals surface area contributed by atoms with Gasteiger partial charge in [0.2, 0.25) is 5.91 Å². The Morgan fingerprint density at radius 3 is 3.09 bits per heavy atom. The van der Waals surface area contributed by atoms with Crippen molar-refractivity contribution in [2.24, 2.45) is 5.92 Å². The fourth-order valence-corrected chi connectivity index (χ4v) is 3.17. The minimum Gasteiger partial charge on any atom is -0.369 e. The number of amides is 1. The van der Waals surface area contributed by atoms with Crippen molar-refractivity contribution in [3.8, 4) is 0 Å². The molecule has 1 aromatic heterocycles. The second kappa shape index (κ2) is 8.99. The maximum atomic E-state index is 12.2. The van der Waals surface area contributed by atoms with Crippen molar-refractivity contribution >= 4 is 5.91 Å². The van der Waals surface area contributed by atoms with Gasteiger partial charge in [0.1, 0.15) is 6.10 Å². The molecule has 5 heteroatoms. The van der Waals surface area contributed by atoms with Crippen LogP contribution in [0.4, 0.5) is 0 Å². The van der Waals surface area contributed by atoms with Gasteiger partial charge in [-0.1, -0.05) is 19.4 Å². The Morgan fingerprint density at radius 2 is 2.39 bits per heavy atom. The van der Waals surface area contributed by atoms with Crippen LogP contribution in [0, 0.1) is 5.92 Å². The zero-order valence-corrected chi connectivity index (χ0v) is 14.5. The Bertz CT molecular complexity index is 480. The van der Waals surface area contributed by atoms with E-state index in [2.05, 4.69) is 35.2 Å². The van der Waals surface area contributed by atoms with E-state index in [1.54, 1.807) is 6.20 Å². The lowest BCUT2D eigenvalue weighted by Gasteiger charge is -2.26. The van der Waals surface area contributed by atoms with Crippen molar-refractivity contribution in [1.29, 1.82) is 0 Å². The number of ether oxygens (including phenoxy) is 1. The predicted octanol–water partition coefficient (Wildman–Crippen LogP) is 2.40. The molecule has 23 heavy (non-hydrogen) atoms. The molecule has 1 aliphatic heterocycles. The third-order valence-electron chi connectivity index (χ3n) is 4.57. The van der Waals surface area contributed by atoms with Gasteiger partial charge in [0, 0.05) is 31.6 Å². The van der Waals surface area contributed by atoms with Crippen LogP contribution in [0.25, 0.3) is 0 Å². The van der Waals surface area contributed by atoms with Crippen LogP contribution < -0.4 is 5.32 Å². The van der Waals surface area contributed by atoms with Gasteiger partial charge in [-0.25, -0.2) is 0 Å². The molecule has 1 amide bonds. The van der Waals surface area contributed by atoms with Crippen molar-refractivity contribution in [1.82, 2.24) is 15.2 Å². The minimum absolute atomic E-state index is 0.0133. The average Bonchev–Trinajstić information content (AvgIpc) is 2.94. The number of likely N-dealkylation sites (tertiary alicyclic amines) is 1. The van der Waals surface area contributed by atoms with Crippen molar-refractivity contribution in [3.63, 3.8) is 0 Å². The monoisotopic (exact) mass is 319 g/mol. The van der Waals surface area contributed by atoms with Crippen molar-refractivity contribution in [2.45, 2.75) is 45.3 Å². The molecule has 0 saturated carbocycles. The molecule has 1 N–H and O–H groups in total. The average molecular weight is 319 g/mol. The quantitative estimate of drug-likeness (QED) is 0.748. The van der Waals surface area contributed by atoms with Crippen molar-refractivity contribution in [3.05, 3.63) is 30.1 Å². The third-order valence-corrected chi connectivity index (χ3v) is 4.57. The number of carbonyl (C=O) groups excluding carboxylic acids is 1. The Hall–Kier alpha value is -1.46. The number of hydrogen-bond acceptors (Lipinski definition) is 4. The van der Waals surface area contributed by atoms with E-state index in [-0.39, 0.29) is 12.0 Å². The van der Waals surface area contributed by atoms with E-state index in [1.165, 1.54) is 5.56 Å². The van der Waals surface area contributed by atoms with Gasteiger partial charge in [-0.3, -0.25) is 14.7 Å². The Balaban J connectivity index is 1.85. The highest BCUT2D eigenvalue weighted by Gasteiger charge is 2.33. The molecule has 2 rings (SSSR count). The van der Waals surface area contributed by atoms with E-state index < -0.39 is 0 Å². The zero-order chi connectivity index (χ0) is 16.7. The summed E-state index contributed by atoms with van der Waals surface area (Å²) in [6, 6.07) is 4.41.